The van der Waals surface area contributed by atoms with Gasteiger partial charge in [-0.1, -0.05) is 52.3 Å². The topological polar surface area (TPSA) is 115 Å². The van der Waals surface area contributed by atoms with E-state index in [9.17, 15) is 18.3 Å². The highest BCUT2D eigenvalue weighted by molar-refractivity contribution is 9.10. The van der Waals surface area contributed by atoms with Gasteiger partial charge in [0, 0.05) is 52.2 Å². The van der Waals surface area contributed by atoms with Gasteiger partial charge in [-0.15, -0.1) is 0 Å². The van der Waals surface area contributed by atoms with E-state index < -0.39 is 39.8 Å². The van der Waals surface area contributed by atoms with Gasteiger partial charge in [0.05, 0.1) is 38.6 Å². The Morgan fingerprint density at radius 3 is 2.21 bits per heavy atom. The van der Waals surface area contributed by atoms with Crippen molar-refractivity contribution < 1.29 is 27.8 Å². The highest BCUT2D eigenvalue weighted by Crippen LogP contribution is 2.56. The van der Waals surface area contributed by atoms with Gasteiger partial charge < -0.3 is 29.0 Å². The lowest BCUT2D eigenvalue weighted by molar-refractivity contribution is -0.304. The Morgan fingerprint density at radius 1 is 0.957 bits per heavy atom. The number of carbonyl (C=O) groups excluding carboxylic acids is 1. The van der Waals surface area contributed by atoms with Crippen molar-refractivity contribution in [3.63, 3.8) is 0 Å². The van der Waals surface area contributed by atoms with E-state index in [0.29, 0.717) is 11.1 Å². The summed E-state index contributed by atoms with van der Waals surface area (Å²) in [5.74, 6) is -0.341. The van der Waals surface area contributed by atoms with Crippen LogP contribution in [0.4, 0.5) is 0 Å². The molecule has 240 valence electrons. The summed E-state index contributed by atoms with van der Waals surface area (Å²) >= 11 is 3.41. The van der Waals surface area contributed by atoms with Crippen LogP contribution in [0, 0.1) is 0 Å². The smallest absolute Gasteiger partial charge is 0.254 e. The van der Waals surface area contributed by atoms with Crippen LogP contribution >= 0.6 is 15.9 Å². The molecule has 10 nitrogen and oxygen atoms in total. The molecule has 3 aliphatic rings. The van der Waals surface area contributed by atoms with Gasteiger partial charge in [-0.3, -0.25) is 4.79 Å². The lowest BCUT2D eigenvalue weighted by Gasteiger charge is -2.54. The molecule has 4 aromatic carbocycles. The van der Waals surface area contributed by atoms with Gasteiger partial charge in [-0.2, -0.15) is 4.31 Å². The van der Waals surface area contributed by atoms with Gasteiger partial charge in [-0.25, -0.2) is 8.42 Å². The van der Waals surface area contributed by atoms with E-state index in [2.05, 4.69) is 30.4 Å². The molecule has 0 radical (unpaired) electrons. The molecule has 47 heavy (non-hydrogen) atoms. The van der Waals surface area contributed by atoms with E-state index in [-0.39, 0.29) is 17.2 Å². The number of nitrogens with one attached hydrogen (secondary N) is 1. The molecule has 0 saturated carbocycles. The minimum atomic E-state index is -3.97. The number of hydrogen-bond donors (Lipinski definition) is 2. The second kappa shape index (κ2) is 9.43. The summed E-state index contributed by atoms with van der Waals surface area (Å²) in [6, 6.07) is 21.7. The Hall–Kier alpha value is -3.78. The highest BCUT2D eigenvalue weighted by Gasteiger charge is 2.59. The molecular formula is C35H31BrN4O6S. The number of aliphatic hydroxyl groups is 1. The Balaban J connectivity index is 1.45. The van der Waals surface area contributed by atoms with Crippen molar-refractivity contribution in [2.75, 3.05) is 14.2 Å². The van der Waals surface area contributed by atoms with Crippen LogP contribution in [-0.2, 0) is 30.9 Å². The highest BCUT2D eigenvalue weighted by atomic mass is 79.9. The molecule has 1 fully saturated rings. The van der Waals surface area contributed by atoms with Crippen LogP contribution in [0.15, 0.2) is 82.2 Å². The third-order valence-corrected chi connectivity index (χ3v) is 13.0. The van der Waals surface area contributed by atoms with E-state index in [1.807, 2.05) is 62.4 Å². The molecule has 6 aromatic rings. The van der Waals surface area contributed by atoms with Crippen LogP contribution in [0.1, 0.15) is 42.4 Å². The molecule has 1 amide bonds. The van der Waals surface area contributed by atoms with Gasteiger partial charge in [0.15, 0.2) is 12.0 Å². The van der Waals surface area contributed by atoms with Crippen molar-refractivity contribution in [2.45, 2.75) is 55.0 Å². The molecule has 5 heterocycles. The summed E-state index contributed by atoms with van der Waals surface area (Å²) < 4.78 is 48.7. The molecule has 0 aliphatic carbocycles. The van der Waals surface area contributed by atoms with E-state index >= 15 is 0 Å². The number of rotatable bonds is 4. The van der Waals surface area contributed by atoms with Crippen LogP contribution < -0.4 is 5.32 Å². The molecule has 9 rings (SSSR count). The SMILES string of the molecule is CO[C@@H]1[C@H](N(C)S(=O)(=O)c2ccc(Br)cc2)C[C@@]2(C)O[C@]1(C)n1c3ccccc3c3c4c(c5c6ccccc6n2c5c31)C(=O)N[C@@H]4O. The normalized spacial score (nSPS) is 27.0. The Kier molecular flexibility index (Phi) is 5.89. The summed E-state index contributed by atoms with van der Waals surface area (Å²) in [5.41, 5.74) is 1.85. The number of aliphatic hydroxyl groups excluding tert-OH is 1. The molecule has 3 aliphatic heterocycles. The average Bonchev–Trinajstić information content (AvgIpc) is 3.66. The fourth-order valence-electron chi connectivity index (χ4n) is 8.80. The van der Waals surface area contributed by atoms with Crippen LogP contribution in [0.2, 0.25) is 0 Å². The largest absolute Gasteiger partial charge is 0.375 e. The molecular weight excluding hydrogens is 684 g/mol. The number of aromatic nitrogens is 2. The van der Waals surface area contributed by atoms with Crippen molar-refractivity contribution in [3.8, 4) is 0 Å². The Morgan fingerprint density at radius 2 is 1.55 bits per heavy atom. The zero-order valence-corrected chi connectivity index (χ0v) is 28.4. The predicted molar refractivity (Wildman–Crippen MR) is 182 cm³/mol. The maximum atomic E-state index is 14.3. The number of para-hydroxylation sites is 2. The standard InChI is InChI=1S/C35H31BrN4O6S/c1-34-17-24(38(3)47(43,44)19-15-13-18(36)14-16-19)31(45-4)35(2,46-34)40-23-12-8-6-10-21(23)26-28-27(32(41)37-33(28)42)25-20-9-5-7-11-22(20)39(34)29(25)30(26)40/h5-16,24,31,33,42H,17H2,1-4H3,(H,37,41)/t24-,31-,33-,34-,35+/m1/s1. The van der Waals surface area contributed by atoms with E-state index in [1.165, 1.54) is 4.31 Å². The minimum absolute atomic E-state index is 0.171. The van der Waals surface area contributed by atoms with Crippen molar-refractivity contribution >= 4 is 75.5 Å². The van der Waals surface area contributed by atoms with Gasteiger partial charge in [0.1, 0.15) is 11.8 Å². The van der Waals surface area contributed by atoms with Crippen LogP contribution in [0.3, 0.4) is 0 Å². The van der Waals surface area contributed by atoms with E-state index in [0.717, 1.165) is 48.1 Å². The molecule has 12 heteroatoms. The fraction of sp³-hybridized carbons (Fsp3) is 0.286. The Bertz CT molecular complexity index is 2470. The molecule has 0 unspecified atom stereocenters. The van der Waals surface area contributed by atoms with Gasteiger partial charge in [0.25, 0.3) is 5.91 Å². The van der Waals surface area contributed by atoms with Crippen LogP contribution in [-0.4, -0.2) is 59.2 Å². The van der Waals surface area contributed by atoms with Crippen LogP contribution in [0.5, 0.6) is 0 Å². The molecule has 2 bridgehead atoms. The molecule has 0 spiro atoms. The Labute approximate surface area is 278 Å². The van der Waals surface area contributed by atoms with Crippen molar-refractivity contribution in [1.82, 2.24) is 18.8 Å². The van der Waals surface area contributed by atoms with Crippen molar-refractivity contribution in [2.24, 2.45) is 0 Å². The summed E-state index contributed by atoms with van der Waals surface area (Å²) in [6.07, 6.45) is -1.73. The van der Waals surface area contributed by atoms with Gasteiger partial charge in [-0.05, 0) is 50.2 Å². The number of fused-ring (bicyclic) bond motifs is 13. The number of methoxy groups -OCH3 is 1. The number of sulfonamides is 1. The minimum Gasteiger partial charge on any atom is -0.375 e. The maximum Gasteiger partial charge on any atom is 0.254 e. The number of halogens is 1. The van der Waals surface area contributed by atoms with Gasteiger partial charge in [0.2, 0.25) is 10.0 Å². The average molecular weight is 716 g/mol. The number of benzene rings is 4. The van der Waals surface area contributed by atoms with E-state index in [4.69, 9.17) is 9.47 Å². The fourth-order valence-corrected chi connectivity index (χ4v) is 10.4. The summed E-state index contributed by atoms with van der Waals surface area (Å²) in [5, 5.41) is 17.3. The third kappa shape index (κ3) is 3.52. The number of nitrogens with zero attached hydrogens (tertiary/aromatic N) is 3. The summed E-state index contributed by atoms with van der Waals surface area (Å²) in [4.78, 5) is 13.9. The second-order valence-electron chi connectivity index (χ2n) is 13.1. The van der Waals surface area contributed by atoms with E-state index in [1.54, 1.807) is 38.4 Å². The first kappa shape index (κ1) is 29.4. The zero-order valence-electron chi connectivity index (χ0n) is 26.0. The van der Waals surface area contributed by atoms with Crippen LogP contribution in [0.25, 0.3) is 43.6 Å². The first-order chi connectivity index (χ1) is 22.4. The first-order valence-electron chi connectivity index (χ1n) is 15.4. The molecule has 5 atom stereocenters. The second-order valence-corrected chi connectivity index (χ2v) is 16.0. The maximum absolute atomic E-state index is 14.3. The number of hydrogen-bond acceptors (Lipinski definition) is 6. The quantitative estimate of drug-likeness (QED) is 0.236. The summed E-state index contributed by atoms with van der Waals surface area (Å²) in [7, 11) is -0.784. The monoisotopic (exact) mass is 714 g/mol. The van der Waals surface area contributed by atoms with Crippen molar-refractivity contribution in [1.29, 1.82) is 0 Å². The molecule has 2 aromatic heterocycles. The number of carbonyl (C=O) groups is 1. The number of likely N-dealkylation sites (N-methyl/N-ethyl adjacent to an activating group) is 1. The molecule has 2 N–H and O–H groups in total. The zero-order chi connectivity index (χ0) is 32.8. The van der Waals surface area contributed by atoms with Crippen molar-refractivity contribution in [3.05, 3.63) is 88.4 Å². The van der Waals surface area contributed by atoms with Gasteiger partial charge >= 0.3 is 0 Å². The summed E-state index contributed by atoms with van der Waals surface area (Å²) in [6.45, 7) is 3.93. The third-order valence-electron chi connectivity index (χ3n) is 10.6. The number of amides is 1. The number of ether oxygens (including phenoxy) is 2. The lowest BCUT2D eigenvalue weighted by Crippen LogP contribution is -2.65. The predicted octanol–water partition coefficient (Wildman–Crippen LogP) is 5.88. The first-order valence-corrected chi connectivity index (χ1v) is 17.6. The lowest BCUT2D eigenvalue weighted by atomic mass is 9.88. The molecule has 1 saturated heterocycles.